The van der Waals surface area contributed by atoms with Crippen LogP contribution in [0, 0.1) is 27.7 Å². The monoisotopic (exact) mass is 562 g/mol. The van der Waals surface area contributed by atoms with Crippen LogP contribution in [0.15, 0.2) is 66.7 Å². The van der Waals surface area contributed by atoms with Crippen LogP contribution in [0.25, 0.3) is 0 Å². The van der Waals surface area contributed by atoms with Crippen molar-refractivity contribution in [1.29, 1.82) is 0 Å². The number of benzene rings is 3. The number of esters is 4. The molecule has 0 bridgehead atoms. The summed E-state index contributed by atoms with van der Waals surface area (Å²) in [5.74, 6) is -2.71. The zero-order chi connectivity index (χ0) is 29.0. The molecule has 3 aromatic rings. The number of hydrogen-bond donors (Lipinski definition) is 0. The summed E-state index contributed by atoms with van der Waals surface area (Å²) in [6.45, 7) is 8.67. The molecule has 0 spiro atoms. The first kappa shape index (κ1) is 28.9. The van der Waals surface area contributed by atoms with E-state index in [-0.39, 0.29) is 11.1 Å². The van der Waals surface area contributed by atoms with Gasteiger partial charge in [-0.05, 0) is 63.6 Å². The highest BCUT2D eigenvalue weighted by Crippen LogP contribution is 2.41. The van der Waals surface area contributed by atoms with Crippen molar-refractivity contribution in [3.05, 3.63) is 106 Å². The zero-order valence-electron chi connectivity index (χ0n) is 22.8. The molecular formula is C31H30O8S. The zero-order valence-corrected chi connectivity index (χ0v) is 23.7. The lowest BCUT2D eigenvalue weighted by molar-refractivity contribution is -0.149. The van der Waals surface area contributed by atoms with E-state index in [9.17, 15) is 19.2 Å². The molecule has 208 valence electrons. The average molecular weight is 563 g/mol. The van der Waals surface area contributed by atoms with Gasteiger partial charge in [-0.25, -0.2) is 14.4 Å². The molecule has 1 unspecified atom stereocenters. The molecule has 3 aromatic carbocycles. The van der Waals surface area contributed by atoms with Gasteiger partial charge in [0.15, 0.2) is 23.1 Å². The van der Waals surface area contributed by atoms with Crippen molar-refractivity contribution in [1.82, 2.24) is 0 Å². The summed E-state index contributed by atoms with van der Waals surface area (Å²) < 4.78 is 22.8. The summed E-state index contributed by atoms with van der Waals surface area (Å²) in [4.78, 5) is 51.4. The second kappa shape index (κ2) is 12.4. The highest BCUT2D eigenvalue weighted by molar-refractivity contribution is 8.00. The average Bonchev–Trinajstić information content (AvgIpc) is 3.18. The Balaban J connectivity index is 1.66. The fourth-order valence-corrected chi connectivity index (χ4v) is 5.50. The Bertz CT molecular complexity index is 1410. The van der Waals surface area contributed by atoms with Gasteiger partial charge in [0, 0.05) is 6.92 Å². The molecule has 0 radical (unpaired) electrons. The van der Waals surface area contributed by atoms with Crippen LogP contribution in [0.3, 0.4) is 0 Å². The van der Waals surface area contributed by atoms with E-state index in [0.717, 1.165) is 28.5 Å². The van der Waals surface area contributed by atoms with E-state index in [1.165, 1.54) is 6.92 Å². The molecule has 1 saturated heterocycles. The summed E-state index contributed by atoms with van der Waals surface area (Å²) in [6, 6.07) is 18.7. The van der Waals surface area contributed by atoms with Gasteiger partial charge in [-0.3, -0.25) is 4.79 Å². The first-order chi connectivity index (χ1) is 19.0. The molecule has 1 aliphatic rings. The number of carbonyl (C=O) groups is 4. The van der Waals surface area contributed by atoms with Crippen molar-refractivity contribution in [3.8, 4) is 0 Å². The van der Waals surface area contributed by atoms with Crippen LogP contribution in [0.2, 0.25) is 0 Å². The van der Waals surface area contributed by atoms with E-state index in [1.54, 1.807) is 67.6 Å². The van der Waals surface area contributed by atoms with Crippen LogP contribution in [0.1, 0.15) is 60.3 Å². The van der Waals surface area contributed by atoms with Gasteiger partial charge >= 0.3 is 23.9 Å². The Kier molecular flexibility index (Phi) is 8.94. The van der Waals surface area contributed by atoms with Gasteiger partial charge in [-0.1, -0.05) is 64.9 Å². The van der Waals surface area contributed by atoms with Gasteiger partial charge in [0.1, 0.15) is 0 Å². The maximum atomic E-state index is 13.2. The number of carbonyl (C=O) groups excluding carboxylic acids is 4. The van der Waals surface area contributed by atoms with E-state index in [1.807, 2.05) is 26.8 Å². The van der Waals surface area contributed by atoms with Crippen molar-refractivity contribution in [2.24, 2.45) is 0 Å². The minimum absolute atomic E-state index is 0.259. The fourth-order valence-electron chi connectivity index (χ4n) is 4.17. The number of thioether (sulfide) groups is 1. The normalized spacial score (nSPS) is 19.9. The minimum Gasteiger partial charge on any atom is -0.450 e. The van der Waals surface area contributed by atoms with Crippen molar-refractivity contribution in [2.45, 2.75) is 57.7 Å². The predicted molar refractivity (Wildman–Crippen MR) is 149 cm³/mol. The summed E-state index contributed by atoms with van der Waals surface area (Å²) in [6.07, 6.45) is -2.53. The van der Waals surface area contributed by atoms with Crippen LogP contribution < -0.4 is 0 Å². The standard InChI is InChI=1S/C31H30O8S/c1-17-6-11-22(12-7-17)27(33)37-25-26(38-28(34)23-13-8-18(2)9-14-23)31(40-30(25)36-21(5)32)39-29(35)24-15-10-19(3)16-20(24)4/h6-16,25-26,30-31H,1-5H3/t25-,26-,30?,31+/m0/s1. The van der Waals surface area contributed by atoms with E-state index < -0.39 is 47.0 Å². The molecule has 40 heavy (non-hydrogen) atoms. The lowest BCUT2D eigenvalue weighted by Gasteiger charge is -2.25. The Hall–Kier alpha value is -4.11. The Morgan fingerprint density at radius 2 is 1.02 bits per heavy atom. The lowest BCUT2D eigenvalue weighted by atomic mass is 10.1. The molecule has 1 fully saturated rings. The largest absolute Gasteiger partial charge is 0.450 e. The third kappa shape index (κ3) is 6.90. The summed E-state index contributed by atoms with van der Waals surface area (Å²) in [7, 11) is 0. The molecule has 8 nitrogen and oxygen atoms in total. The molecule has 1 aliphatic heterocycles. The second-order valence-corrected chi connectivity index (χ2v) is 10.9. The van der Waals surface area contributed by atoms with Gasteiger partial charge in [0.2, 0.25) is 0 Å². The third-order valence-corrected chi connectivity index (χ3v) is 7.56. The maximum Gasteiger partial charge on any atom is 0.339 e. The second-order valence-electron chi connectivity index (χ2n) is 9.68. The Morgan fingerprint density at radius 3 is 1.48 bits per heavy atom. The molecule has 4 rings (SSSR count). The number of aryl methyl sites for hydroxylation is 4. The van der Waals surface area contributed by atoms with Gasteiger partial charge in [0.05, 0.1) is 16.7 Å². The topological polar surface area (TPSA) is 105 Å². The molecule has 1 heterocycles. The fraction of sp³-hybridized carbons (Fsp3) is 0.290. The van der Waals surface area contributed by atoms with E-state index >= 15 is 0 Å². The quantitative estimate of drug-likeness (QED) is 0.273. The lowest BCUT2D eigenvalue weighted by Crippen LogP contribution is -2.42. The number of ether oxygens (including phenoxy) is 4. The molecule has 0 saturated carbocycles. The van der Waals surface area contributed by atoms with E-state index in [4.69, 9.17) is 18.9 Å². The predicted octanol–water partition coefficient (Wildman–Crippen LogP) is 5.49. The van der Waals surface area contributed by atoms with Crippen LogP contribution in [0.4, 0.5) is 0 Å². The molecule has 0 aliphatic carbocycles. The first-order valence-corrected chi connectivity index (χ1v) is 13.6. The van der Waals surface area contributed by atoms with Crippen LogP contribution in [0.5, 0.6) is 0 Å². The van der Waals surface area contributed by atoms with Crippen molar-refractivity contribution < 1.29 is 38.1 Å². The highest BCUT2D eigenvalue weighted by atomic mass is 32.2. The Labute approximate surface area is 237 Å². The minimum atomic E-state index is -1.27. The van der Waals surface area contributed by atoms with E-state index in [0.29, 0.717) is 11.1 Å². The Morgan fingerprint density at radius 1 is 0.575 bits per heavy atom. The first-order valence-electron chi connectivity index (χ1n) is 12.7. The van der Waals surface area contributed by atoms with Crippen LogP contribution in [-0.4, -0.2) is 47.0 Å². The molecule has 4 atom stereocenters. The molecular weight excluding hydrogens is 532 g/mol. The summed E-state index contributed by atoms with van der Waals surface area (Å²) in [5, 5.41) is 0. The SMILES string of the molecule is CC(=O)OC1S[C@@H](OC(=O)c2ccc(C)cc2C)[C@@H](OC(=O)c2ccc(C)cc2)[C@@H]1OC(=O)c1ccc(C)cc1. The molecule has 0 N–H and O–H groups in total. The molecule has 0 aromatic heterocycles. The van der Waals surface area contributed by atoms with Gasteiger partial charge < -0.3 is 18.9 Å². The molecule has 0 amide bonds. The van der Waals surface area contributed by atoms with Crippen LogP contribution in [-0.2, 0) is 23.7 Å². The number of rotatable bonds is 7. The van der Waals surface area contributed by atoms with Crippen molar-refractivity contribution in [2.75, 3.05) is 0 Å². The van der Waals surface area contributed by atoms with Gasteiger partial charge in [0.25, 0.3) is 0 Å². The van der Waals surface area contributed by atoms with Crippen molar-refractivity contribution >= 4 is 35.6 Å². The van der Waals surface area contributed by atoms with Gasteiger partial charge in [-0.2, -0.15) is 0 Å². The van der Waals surface area contributed by atoms with Crippen molar-refractivity contribution in [3.63, 3.8) is 0 Å². The van der Waals surface area contributed by atoms with Crippen LogP contribution >= 0.6 is 11.8 Å². The van der Waals surface area contributed by atoms with E-state index in [2.05, 4.69) is 0 Å². The number of hydrogen-bond acceptors (Lipinski definition) is 9. The third-order valence-electron chi connectivity index (χ3n) is 6.30. The summed E-state index contributed by atoms with van der Waals surface area (Å²) in [5.41, 5.74) is 2.21. The smallest absolute Gasteiger partial charge is 0.339 e. The summed E-state index contributed by atoms with van der Waals surface area (Å²) >= 11 is 0.926. The molecule has 9 heteroatoms. The highest BCUT2D eigenvalue weighted by Gasteiger charge is 2.53. The maximum absolute atomic E-state index is 13.2. The van der Waals surface area contributed by atoms with Gasteiger partial charge in [-0.15, -0.1) is 0 Å².